The second-order valence-corrected chi connectivity index (χ2v) is 5.34. The topological polar surface area (TPSA) is 91.3 Å². The molecule has 0 spiro atoms. The predicted octanol–water partition coefficient (Wildman–Crippen LogP) is 1.87. The van der Waals surface area contributed by atoms with Gasteiger partial charge in [0.15, 0.2) is 6.10 Å². The number of aliphatic hydroxyl groups is 1. The number of ether oxygens (including phenoxy) is 4. The first kappa shape index (κ1) is 21.7. The molecule has 0 unspecified atom stereocenters. The molecule has 0 radical (unpaired) electrons. The molecule has 2 atom stereocenters. The Hall–Kier alpha value is -2.38. The summed E-state index contributed by atoms with van der Waals surface area (Å²) >= 11 is 0. The van der Waals surface area contributed by atoms with Gasteiger partial charge in [-0.15, -0.1) is 0 Å². The highest BCUT2D eigenvalue weighted by Crippen LogP contribution is 2.14. The Morgan fingerprint density at radius 3 is 2.35 bits per heavy atom. The highest BCUT2D eigenvalue weighted by Gasteiger charge is 2.26. The van der Waals surface area contributed by atoms with E-state index in [-0.39, 0.29) is 26.4 Å². The van der Waals surface area contributed by atoms with Gasteiger partial charge in [-0.1, -0.05) is 18.2 Å². The van der Waals surface area contributed by atoms with Gasteiger partial charge in [0.2, 0.25) is 0 Å². The first-order valence-corrected chi connectivity index (χ1v) is 8.42. The Bertz CT molecular complexity index is 580. The van der Waals surface area contributed by atoms with E-state index in [9.17, 15) is 14.7 Å². The van der Waals surface area contributed by atoms with E-state index in [2.05, 4.69) is 0 Å². The van der Waals surface area contributed by atoms with E-state index in [1.807, 2.05) is 24.3 Å². The highest BCUT2D eigenvalue weighted by molar-refractivity contribution is 5.82. The summed E-state index contributed by atoms with van der Waals surface area (Å²) in [6, 6.07) is 7.32. The molecule has 0 aliphatic rings. The summed E-state index contributed by atoms with van der Waals surface area (Å²) in [7, 11) is 1.59. The van der Waals surface area contributed by atoms with Crippen molar-refractivity contribution >= 4 is 11.9 Å². The minimum absolute atomic E-state index is 0.0297. The van der Waals surface area contributed by atoms with Crippen LogP contribution < -0.4 is 4.74 Å². The lowest BCUT2D eigenvalue weighted by Gasteiger charge is -2.18. The quantitative estimate of drug-likeness (QED) is 0.472. The predicted molar refractivity (Wildman–Crippen MR) is 94.6 cm³/mol. The molecule has 0 fully saturated rings. The smallest absolute Gasteiger partial charge is 0.335 e. The fourth-order valence-corrected chi connectivity index (χ4v) is 2.08. The van der Waals surface area contributed by atoms with Crippen molar-refractivity contribution in [2.24, 2.45) is 5.92 Å². The number of rotatable bonds is 11. The molecular formula is C19H26O7. The van der Waals surface area contributed by atoms with Crippen LogP contribution in [0.1, 0.15) is 19.4 Å². The lowest BCUT2D eigenvalue weighted by Crippen LogP contribution is -2.33. The molecule has 1 rings (SSSR count). The van der Waals surface area contributed by atoms with Crippen molar-refractivity contribution in [3.05, 3.63) is 42.0 Å². The number of esters is 2. The van der Waals surface area contributed by atoms with E-state index in [0.717, 1.165) is 11.3 Å². The average Bonchev–Trinajstić information content (AvgIpc) is 2.64. The molecule has 1 N–H and O–H groups in total. The van der Waals surface area contributed by atoms with Gasteiger partial charge < -0.3 is 24.1 Å². The SMILES string of the molecule is CCOC(=O)/C=C/[C@@H](COCc1ccc(OC)cc1)[C@@H](O)C(=O)OCC. The van der Waals surface area contributed by atoms with Crippen molar-refractivity contribution in [2.45, 2.75) is 26.6 Å². The van der Waals surface area contributed by atoms with Crippen LogP contribution in [0.3, 0.4) is 0 Å². The van der Waals surface area contributed by atoms with Crippen LogP contribution in [0.25, 0.3) is 0 Å². The van der Waals surface area contributed by atoms with E-state index in [1.54, 1.807) is 21.0 Å². The minimum atomic E-state index is -1.43. The molecule has 0 bridgehead atoms. The number of aliphatic hydroxyl groups excluding tert-OH is 1. The van der Waals surface area contributed by atoms with Crippen LogP contribution in [0.4, 0.5) is 0 Å². The Morgan fingerprint density at radius 1 is 1.12 bits per heavy atom. The largest absolute Gasteiger partial charge is 0.497 e. The van der Waals surface area contributed by atoms with Crippen molar-refractivity contribution in [3.63, 3.8) is 0 Å². The molecule has 144 valence electrons. The number of methoxy groups -OCH3 is 1. The van der Waals surface area contributed by atoms with E-state index >= 15 is 0 Å². The van der Waals surface area contributed by atoms with Gasteiger partial charge in [0.05, 0.1) is 33.5 Å². The number of hydrogen-bond acceptors (Lipinski definition) is 7. The highest BCUT2D eigenvalue weighted by atomic mass is 16.5. The monoisotopic (exact) mass is 366 g/mol. The van der Waals surface area contributed by atoms with Crippen LogP contribution in [-0.2, 0) is 30.4 Å². The maximum atomic E-state index is 11.8. The van der Waals surface area contributed by atoms with Crippen LogP contribution >= 0.6 is 0 Å². The number of carbonyl (C=O) groups excluding carboxylic acids is 2. The molecule has 0 heterocycles. The lowest BCUT2D eigenvalue weighted by molar-refractivity contribution is -0.156. The molecule has 0 saturated carbocycles. The molecule has 0 aliphatic carbocycles. The van der Waals surface area contributed by atoms with Crippen LogP contribution in [0.15, 0.2) is 36.4 Å². The molecule has 1 aromatic carbocycles. The van der Waals surface area contributed by atoms with Crippen LogP contribution in [0.5, 0.6) is 5.75 Å². The van der Waals surface area contributed by atoms with Gasteiger partial charge in [-0.05, 0) is 31.5 Å². The van der Waals surface area contributed by atoms with E-state index in [4.69, 9.17) is 18.9 Å². The number of carbonyl (C=O) groups is 2. The minimum Gasteiger partial charge on any atom is -0.497 e. The maximum absolute atomic E-state index is 11.8. The van der Waals surface area contributed by atoms with E-state index in [1.165, 1.54) is 12.2 Å². The molecule has 0 aromatic heterocycles. The first-order valence-electron chi connectivity index (χ1n) is 8.42. The Morgan fingerprint density at radius 2 is 1.77 bits per heavy atom. The maximum Gasteiger partial charge on any atom is 0.335 e. The van der Waals surface area contributed by atoms with Crippen molar-refractivity contribution in [2.75, 3.05) is 26.9 Å². The van der Waals surface area contributed by atoms with Gasteiger partial charge >= 0.3 is 11.9 Å². The van der Waals surface area contributed by atoms with Crippen molar-refractivity contribution < 1.29 is 33.6 Å². The van der Waals surface area contributed by atoms with E-state index in [0.29, 0.717) is 0 Å². The third-order valence-electron chi connectivity index (χ3n) is 3.44. The lowest BCUT2D eigenvalue weighted by atomic mass is 10.0. The Kier molecular flexibility index (Phi) is 10.0. The summed E-state index contributed by atoms with van der Waals surface area (Å²) in [5.41, 5.74) is 0.907. The zero-order valence-corrected chi connectivity index (χ0v) is 15.3. The van der Waals surface area contributed by atoms with Gasteiger partial charge in [-0.3, -0.25) is 0 Å². The molecule has 7 heteroatoms. The third kappa shape index (κ3) is 7.67. The summed E-state index contributed by atoms with van der Waals surface area (Å²) in [6.45, 7) is 4.03. The summed E-state index contributed by atoms with van der Waals surface area (Å²) < 4.78 is 20.3. The fourth-order valence-electron chi connectivity index (χ4n) is 2.08. The second kappa shape index (κ2) is 12.1. The zero-order valence-electron chi connectivity index (χ0n) is 15.3. The number of benzene rings is 1. The zero-order chi connectivity index (χ0) is 19.4. The van der Waals surface area contributed by atoms with Crippen LogP contribution in [-0.4, -0.2) is 50.1 Å². The van der Waals surface area contributed by atoms with Gasteiger partial charge in [0, 0.05) is 12.0 Å². The van der Waals surface area contributed by atoms with Crippen molar-refractivity contribution in [1.29, 1.82) is 0 Å². The molecule has 7 nitrogen and oxygen atoms in total. The van der Waals surface area contributed by atoms with Gasteiger partial charge in [0.1, 0.15) is 5.75 Å². The molecular weight excluding hydrogens is 340 g/mol. The Labute approximate surface area is 153 Å². The average molecular weight is 366 g/mol. The fraction of sp³-hybridized carbons (Fsp3) is 0.474. The van der Waals surface area contributed by atoms with Crippen molar-refractivity contribution in [1.82, 2.24) is 0 Å². The van der Waals surface area contributed by atoms with Crippen LogP contribution in [0, 0.1) is 5.92 Å². The Balaban J connectivity index is 2.67. The summed E-state index contributed by atoms with van der Waals surface area (Å²) in [5.74, 6) is -1.32. The first-order chi connectivity index (χ1) is 12.5. The molecule has 0 amide bonds. The molecule has 1 aromatic rings. The summed E-state index contributed by atoms with van der Waals surface area (Å²) in [4.78, 5) is 23.2. The van der Waals surface area contributed by atoms with Crippen molar-refractivity contribution in [3.8, 4) is 5.75 Å². The summed E-state index contributed by atoms with van der Waals surface area (Å²) in [5, 5.41) is 10.1. The standard InChI is InChI=1S/C19H26O7/c1-4-25-17(20)11-8-15(18(21)19(22)26-5-2)13-24-12-14-6-9-16(23-3)10-7-14/h6-11,15,18,21H,4-5,12-13H2,1-3H3/b11-8+/t15-,18+/m0/s1. The van der Waals surface area contributed by atoms with Gasteiger partial charge in [-0.25, -0.2) is 9.59 Å². The van der Waals surface area contributed by atoms with Gasteiger partial charge in [-0.2, -0.15) is 0 Å². The normalized spacial score (nSPS) is 13.2. The second-order valence-electron chi connectivity index (χ2n) is 5.34. The van der Waals surface area contributed by atoms with Crippen LogP contribution in [0.2, 0.25) is 0 Å². The van der Waals surface area contributed by atoms with E-state index < -0.39 is 24.0 Å². The number of hydrogen-bond donors (Lipinski definition) is 1. The van der Waals surface area contributed by atoms with Gasteiger partial charge in [0.25, 0.3) is 0 Å². The molecule has 26 heavy (non-hydrogen) atoms. The third-order valence-corrected chi connectivity index (χ3v) is 3.44. The molecule has 0 saturated heterocycles. The summed E-state index contributed by atoms with van der Waals surface area (Å²) in [6.07, 6.45) is 1.14. The molecule has 0 aliphatic heterocycles.